The van der Waals surface area contributed by atoms with Gasteiger partial charge in [0.1, 0.15) is 0 Å². The van der Waals surface area contributed by atoms with Crippen molar-refractivity contribution in [2.24, 2.45) is 0 Å². The van der Waals surface area contributed by atoms with Crippen molar-refractivity contribution in [2.45, 2.75) is 18.8 Å². The number of aryl methyl sites for hydroxylation is 1. The maximum atomic E-state index is 5.99. The van der Waals surface area contributed by atoms with Crippen LogP contribution in [0.25, 0.3) is 0 Å². The van der Waals surface area contributed by atoms with E-state index in [0.717, 1.165) is 17.9 Å². The van der Waals surface area contributed by atoms with Crippen LogP contribution in [0.4, 0.5) is 5.13 Å². The molecule has 0 saturated heterocycles. The second-order valence-corrected chi connectivity index (χ2v) is 6.78. The summed E-state index contributed by atoms with van der Waals surface area (Å²) in [7, 11) is 0. The molecule has 0 fully saturated rings. The van der Waals surface area contributed by atoms with Crippen molar-refractivity contribution < 1.29 is 0 Å². The van der Waals surface area contributed by atoms with E-state index < -0.39 is 0 Å². The van der Waals surface area contributed by atoms with Crippen LogP contribution in [0.3, 0.4) is 0 Å². The van der Waals surface area contributed by atoms with Gasteiger partial charge in [-0.05, 0) is 53.1 Å². The molecule has 0 radical (unpaired) electrons. The van der Waals surface area contributed by atoms with Crippen LogP contribution in [0.5, 0.6) is 0 Å². The molecule has 88 valence electrons. The number of fused-ring (bicyclic) bond motifs is 1. The molecule has 2 aromatic rings. The zero-order chi connectivity index (χ0) is 12.0. The Kier molecular flexibility index (Phi) is 3.04. The lowest BCUT2D eigenvalue weighted by Gasteiger charge is -2.12. The van der Waals surface area contributed by atoms with E-state index in [0.29, 0.717) is 11.0 Å². The molecule has 1 aliphatic rings. The largest absolute Gasteiger partial charge is 0.375 e. The monoisotopic (exact) mass is 376 g/mol. The van der Waals surface area contributed by atoms with Crippen molar-refractivity contribution in [3.8, 4) is 0 Å². The van der Waals surface area contributed by atoms with Gasteiger partial charge >= 0.3 is 0 Å². The minimum atomic E-state index is 0.448. The minimum Gasteiger partial charge on any atom is -0.375 e. The molecule has 3 rings (SSSR count). The average Bonchev–Trinajstić information content (AvgIpc) is 2.78. The molecule has 1 atom stereocenters. The molecule has 1 unspecified atom stereocenters. The van der Waals surface area contributed by atoms with Gasteiger partial charge in [0, 0.05) is 19.4 Å². The normalized spacial score (nSPS) is 18.4. The zero-order valence-corrected chi connectivity index (χ0v) is 12.6. The third-order valence-electron chi connectivity index (χ3n) is 3.07. The Balaban J connectivity index is 2.06. The first kappa shape index (κ1) is 11.7. The van der Waals surface area contributed by atoms with E-state index in [1.54, 1.807) is 11.3 Å². The fourth-order valence-corrected chi connectivity index (χ4v) is 4.61. The Morgan fingerprint density at radius 2 is 2.29 bits per heavy atom. The number of nitrogens with zero attached hydrogens (tertiary/aromatic N) is 1. The number of benzene rings is 1. The molecule has 2 N–H and O–H groups in total. The Morgan fingerprint density at radius 1 is 1.47 bits per heavy atom. The molecular weight excluding hydrogens is 367 g/mol. The van der Waals surface area contributed by atoms with E-state index in [9.17, 15) is 0 Å². The van der Waals surface area contributed by atoms with Crippen LogP contribution in [0.2, 0.25) is 5.02 Å². The smallest absolute Gasteiger partial charge is 0.180 e. The van der Waals surface area contributed by atoms with E-state index in [-0.39, 0.29) is 0 Å². The maximum Gasteiger partial charge on any atom is 0.180 e. The first-order chi connectivity index (χ1) is 8.15. The zero-order valence-electron chi connectivity index (χ0n) is 8.91. The summed E-state index contributed by atoms with van der Waals surface area (Å²) in [5.41, 5.74) is 8.30. The number of hydrogen-bond acceptors (Lipinski definition) is 3. The highest BCUT2D eigenvalue weighted by Gasteiger charge is 2.29. The standard InChI is InChI=1S/C12H10ClIN2S/c13-6-1-2-7(9(14)5-6)8-3-4-10-11(8)17-12(15)16-10/h1-2,5,8H,3-4H2,(H2,15,16). The Morgan fingerprint density at radius 3 is 3.06 bits per heavy atom. The molecular formula is C12H10ClIN2S. The van der Waals surface area contributed by atoms with Gasteiger partial charge in [-0.2, -0.15) is 0 Å². The van der Waals surface area contributed by atoms with Gasteiger partial charge in [0.15, 0.2) is 5.13 Å². The van der Waals surface area contributed by atoms with Gasteiger partial charge in [-0.25, -0.2) is 4.98 Å². The maximum absolute atomic E-state index is 5.99. The molecule has 0 amide bonds. The quantitative estimate of drug-likeness (QED) is 0.762. The number of rotatable bonds is 1. The van der Waals surface area contributed by atoms with Gasteiger partial charge in [0.25, 0.3) is 0 Å². The van der Waals surface area contributed by atoms with Crippen molar-refractivity contribution in [3.05, 3.63) is 42.9 Å². The fraction of sp³-hybridized carbons (Fsp3) is 0.250. The van der Waals surface area contributed by atoms with Crippen LogP contribution in [-0.2, 0) is 6.42 Å². The van der Waals surface area contributed by atoms with E-state index in [4.69, 9.17) is 17.3 Å². The van der Waals surface area contributed by atoms with Crippen molar-refractivity contribution in [1.82, 2.24) is 4.98 Å². The van der Waals surface area contributed by atoms with E-state index in [1.807, 2.05) is 12.1 Å². The van der Waals surface area contributed by atoms with Gasteiger partial charge in [0.05, 0.1) is 5.69 Å². The van der Waals surface area contributed by atoms with E-state index >= 15 is 0 Å². The van der Waals surface area contributed by atoms with Crippen molar-refractivity contribution in [3.63, 3.8) is 0 Å². The summed E-state index contributed by atoms with van der Waals surface area (Å²) in [5.74, 6) is 0.448. The number of hydrogen-bond donors (Lipinski definition) is 1. The Bertz CT molecular complexity index is 582. The molecule has 17 heavy (non-hydrogen) atoms. The molecule has 1 aromatic carbocycles. The summed E-state index contributed by atoms with van der Waals surface area (Å²) >= 11 is 9.97. The van der Waals surface area contributed by atoms with Crippen LogP contribution in [0.15, 0.2) is 18.2 Å². The van der Waals surface area contributed by atoms with Gasteiger partial charge < -0.3 is 5.73 Å². The molecule has 2 nitrogen and oxygen atoms in total. The van der Waals surface area contributed by atoms with Crippen LogP contribution < -0.4 is 5.73 Å². The SMILES string of the molecule is Nc1nc2c(s1)C(c1ccc(Cl)cc1I)CC2. The lowest BCUT2D eigenvalue weighted by molar-refractivity contribution is 0.787. The second-order valence-electron chi connectivity index (χ2n) is 4.12. The molecule has 0 aliphatic heterocycles. The predicted molar refractivity (Wildman–Crippen MR) is 80.9 cm³/mol. The molecule has 1 heterocycles. The van der Waals surface area contributed by atoms with Crippen LogP contribution >= 0.6 is 45.5 Å². The highest BCUT2D eigenvalue weighted by molar-refractivity contribution is 14.1. The number of thiazole rings is 1. The van der Waals surface area contributed by atoms with Crippen molar-refractivity contribution in [1.29, 1.82) is 0 Å². The highest BCUT2D eigenvalue weighted by Crippen LogP contribution is 2.43. The van der Waals surface area contributed by atoms with Gasteiger partial charge in [-0.1, -0.05) is 17.7 Å². The minimum absolute atomic E-state index is 0.448. The first-order valence-corrected chi connectivity index (χ1v) is 7.62. The van der Waals surface area contributed by atoms with E-state index in [2.05, 4.69) is 33.6 Å². The topological polar surface area (TPSA) is 38.9 Å². The number of aromatic nitrogens is 1. The summed E-state index contributed by atoms with van der Waals surface area (Å²) in [6, 6.07) is 6.10. The summed E-state index contributed by atoms with van der Waals surface area (Å²) < 4.78 is 1.22. The average molecular weight is 377 g/mol. The third kappa shape index (κ3) is 2.06. The Labute approximate surface area is 122 Å². The molecule has 1 aliphatic carbocycles. The number of halogens is 2. The lowest BCUT2D eigenvalue weighted by Crippen LogP contribution is -1.97. The number of nitrogen functional groups attached to an aromatic ring is 1. The molecule has 0 bridgehead atoms. The van der Waals surface area contributed by atoms with E-state index in [1.165, 1.54) is 19.7 Å². The highest BCUT2D eigenvalue weighted by atomic mass is 127. The Hall–Kier alpha value is -0.330. The van der Waals surface area contributed by atoms with Gasteiger partial charge in [0.2, 0.25) is 0 Å². The summed E-state index contributed by atoms with van der Waals surface area (Å²) in [4.78, 5) is 5.72. The van der Waals surface area contributed by atoms with Gasteiger partial charge in [-0.15, -0.1) is 11.3 Å². The molecule has 5 heteroatoms. The second kappa shape index (κ2) is 4.40. The predicted octanol–water partition coefficient (Wildman–Crippen LogP) is 4.06. The molecule has 0 spiro atoms. The molecule has 0 saturated carbocycles. The summed E-state index contributed by atoms with van der Waals surface area (Å²) in [6.07, 6.45) is 2.17. The summed E-state index contributed by atoms with van der Waals surface area (Å²) in [5, 5.41) is 1.48. The van der Waals surface area contributed by atoms with Crippen LogP contribution in [-0.4, -0.2) is 4.98 Å². The lowest BCUT2D eigenvalue weighted by atomic mass is 9.99. The van der Waals surface area contributed by atoms with Gasteiger partial charge in [-0.3, -0.25) is 0 Å². The van der Waals surface area contributed by atoms with Crippen LogP contribution in [0.1, 0.15) is 28.5 Å². The third-order valence-corrected chi connectivity index (χ3v) is 5.28. The van der Waals surface area contributed by atoms with Crippen molar-refractivity contribution >= 4 is 50.7 Å². The molecule has 1 aromatic heterocycles. The number of anilines is 1. The van der Waals surface area contributed by atoms with Crippen molar-refractivity contribution in [2.75, 3.05) is 5.73 Å². The van der Waals surface area contributed by atoms with Crippen LogP contribution in [0, 0.1) is 3.57 Å². The first-order valence-electron chi connectivity index (χ1n) is 5.35. The number of nitrogens with two attached hydrogens (primary N) is 1. The fourth-order valence-electron chi connectivity index (χ4n) is 2.33. The summed E-state index contributed by atoms with van der Waals surface area (Å²) in [6.45, 7) is 0.